The summed E-state index contributed by atoms with van der Waals surface area (Å²) in [5, 5.41) is 1.09. The number of ether oxygens (including phenoxy) is 2. The van der Waals surface area contributed by atoms with E-state index in [1.165, 1.54) is 6.42 Å². The highest BCUT2D eigenvalue weighted by Crippen LogP contribution is 2.43. The Bertz CT molecular complexity index is 1530. The molecule has 8 nitrogen and oxygen atoms in total. The summed E-state index contributed by atoms with van der Waals surface area (Å²) in [4.78, 5) is 25.4. The van der Waals surface area contributed by atoms with E-state index >= 15 is 0 Å². The first kappa shape index (κ1) is 25.9. The Morgan fingerprint density at radius 1 is 1.18 bits per heavy atom. The standard InChI is InChI=1S/C31H39N5O3/c1-6-35-25(14-22-10-7-11-32-28(22)35)29-33-24-13-23(30(37)34-12-8-9-20(2)18-34)15-26(38-4)27(24)36(29)19-21-16-31(3,17-21)39-5/h7,10-11,13-15,20-21H,6,8-9,12,16-19H2,1-5H3. The van der Waals surface area contributed by atoms with Gasteiger partial charge in [-0.15, -0.1) is 0 Å². The number of carbonyl (C=O) groups is 1. The molecule has 1 amide bonds. The van der Waals surface area contributed by atoms with Crippen molar-refractivity contribution in [2.75, 3.05) is 27.3 Å². The summed E-state index contributed by atoms with van der Waals surface area (Å²) in [6.07, 6.45) is 6.04. The molecule has 1 aliphatic carbocycles. The molecule has 1 aromatic carbocycles. The van der Waals surface area contributed by atoms with Crippen LogP contribution in [-0.4, -0.2) is 62.8 Å². The van der Waals surface area contributed by atoms with E-state index in [1.54, 1.807) is 14.2 Å². The maximum atomic E-state index is 13.6. The summed E-state index contributed by atoms with van der Waals surface area (Å²) < 4.78 is 16.2. The Morgan fingerprint density at radius 2 is 2.00 bits per heavy atom. The Kier molecular flexibility index (Phi) is 6.61. The normalized spacial score (nSPS) is 23.4. The van der Waals surface area contributed by atoms with Gasteiger partial charge in [-0.05, 0) is 81.7 Å². The number of aromatic nitrogens is 4. The van der Waals surface area contributed by atoms with Gasteiger partial charge in [-0.25, -0.2) is 9.97 Å². The second kappa shape index (κ2) is 9.97. The van der Waals surface area contributed by atoms with Crippen molar-refractivity contribution in [2.24, 2.45) is 11.8 Å². The second-order valence-corrected chi connectivity index (χ2v) is 11.7. The van der Waals surface area contributed by atoms with E-state index in [1.807, 2.05) is 29.3 Å². The van der Waals surface area contributed by atoms with Crippen LogP contribution in [-0.2, 0) is 17.8 Å². The van der Waals surface area contributed by atoms with Crippen molar-refractivity contribution in [3.63, 3.8) is 0 Å². The third-order valence-electron chi connectivity index (χ3n) is 8.79. The summed E-state index contributed by atoms with van der Waals surface area (Å²) in [6, 6.07) is 10.1. The summed E-state index contributed by atoms with van der Waals surface area (Å²) in [6.45, 7) is 9.70. The van der Waals surface area contributed by atoms with Gasteiger partial charge in [-0.2, -0.15) is 0 Å². The van der Waals surface area contributed by atoms with E-state index in [9.17, 15) is 4.79 Å². The summed E-state index contributed by atoms with van der Waals surface area (Å²) in [7, 11) is 3.48. The fourth-order valence-electron chi connectivity index (χ4n) is 6.75. The lowest BCUT2D eigenvalue weighted by Gasteiger charge is -2.44. The Morgan fingerprint density at radius 3 is 2.72 bits per heavy atom. The van der Waals surface area contributed by atoms with Crippen LogP contribution in [0.15, 0.2) is 36.5 Å². The van der Waals surface area contributed by atoms with Gasteiger partial charge in [-0.3, -0.25) is 4.79 Å². The summed E-state index contributed by atoms with van der Waals surface area (Å²) >= 11 is 0. The average molecular weight is 530 g/mol. The number of amides is 1. The van der Waals surface area contributed by atoms with Crippen LogP contribution >= 0.6 is 0 Å². The Hall–Kier alpha value is -3.39. The molecule has 0 bridgehead atoms. The minimum absolute atomic E-state index is 0.0552. The predicted octanol–water partition coefficient (Wildman–Crippen LogP) is 5.77. The molecular weight excluding hydrogens is 490 g/mol. The van der Waals surface area contributed by atoms with E-state index < -0.39 is 0 Å². The fourth-order valence-corrected chi connectivity index (χ4v) is 6.75. The number of hydrogen-bond acceptors (Lipinski definition) is 5. The van der Waals surface area contributed by atoms with Crippen molar-refractivity contribution in [1.29, 1.82) is 0 Å². The zero-order valence-electron chi connectivity index (χ0n) is 23.7. The lowest BCUT2D eigenvalue weighted by Crippen LogP contribution is -2.44. The highest BCUT2D eigenvalue weighted by Gasteiger charge is 2.41. The van der Waals surface area contributed by atoms with E-state index in [2.05, 4.69) is 47.0 Å². The van der Waals surface area contributed by atoms with Crippen LogP contribution in [0.1, 0.15) is 56.8 Å². The SMILES string of the molecule is CCn1c(-c2nc3cc(C(=O)N4CCCC(C)C4)cc(OC)c3n2CC2CC(C)(OC)C2)cc2cccnc21. The van der Waals surface area contributed by atoms with Crippen LogP contribution in [0, 0.1) is 11.8 Å². The van der Waals surface area contributed by atoms with E-state index in [4.69, 9.17) is 14.5 Å². The number of benzene rings is 1. The van der Waals surface area contributed by atoms with Crippen molar-refractivity contribution >= 4 is 28.0 Å². The maximum Gasteiger partial charge on any atom is 0.254 e. The van der Waals surface area contributed by atoms with Gasteiger partial charge in [0, 0.05) is 50.4 Å². The van der Waals surface area contributed by atoms with E-state index in [-0.39, 0.29) is 11.5 Å². The van der Waals surface area contributed by atoms with Gasteiger partial charge in [-0.1, -0.05) is 6.92 Å². The van der Waals surface area contributed by atoms with Crippen molar-refractivity contribution in [2.45, 2.75) is 65.1 Å². The number of rotatable bonds is 7. The summed E-state index contributed by atoms with van der Waals surface area (Å²) in [5.74, 6) is 2.60. The molecule has 0 N–H and O–H groups in total. The molecule has 4 heterocycles. The van der Waals surface area contributed by atoms with Crippen molar-refractivity contribution in [3.05, 3.63) is 42.1 Å². The van der Waals surface area contributed by atoms with Crippen molar-refractivity contribution in [1.82, 2.24) is 24.0 Å². The minimum Gasteiger partial charge on any atom is -0.494 e. The lowest BCUT2D eigenvalue weighted by atomic mass is 9.72. The molecule has 1 unspecified atom stereocenters. The fraction of sp³-hybridized carbons (Fsp3) is 0.516. The third kappa shape index (κ3) is 4.48. The molecule has 8 heteroatoms. The van der Waals surface area contributed by atoms with Gasteiger partial charge in [0.25, 0.3) is 5.91 Å². The first-order chi connectivity index (χ1) is 18.8. The molecule has 0 spiro atoms. The second-order valence-electron chi connectivity index (χ2n) is 11.7. The van der Waals surface area contributed by atoms with E-state index in [0.29, 0.717) is 23.1 Å². The molecule has 2 aliphatic rings. The van der Waals surface area contributed by atoms with Crippen LogP contribution in [0.25, 0.3) is 33.6 Å². The Balaban J connectivity index is 1.50. The number of nitrogens with zero attached hydrogens (tertiary/aromatic N) is 5. The number of carbonyl (C=O) groups excluding carboxylic acids is 1. The molecular formula is C31H39N5O3. The van der Waals surface area contributed by atoms with Gasteiger partial charge in [0.15, 0.2) is 5.82 Å². The molecule has 3 aromatic heterocycles. The molecule has 39 heavy (non-hydrogen) atoms. The highest BCUT2D eigenvalue weighted by molar-refractivity contribution is 6.00. The first-order valence-corrected chi connectivity index (χ1v) is 14.2. The molecule has 4 aromatic rings. The van der Waals surface area contributed by atoms with Gasteiger partial charge >= 0.3 is 0 Å². The lowest BCUT2D eigenvalue weighted by molar-refractivity contribution is -0.0937. The molecule has 1 aliphatic heterocycles. The topological polar surface area (TPSA) is 74.4 Å². The van der Waals surface area contributed by atoms with Gasteiger partial charge in [0.1, 0.15) is 16.9 Å². The van der Waals surface area contributed by atoms with Crippen LogP contribution in [0.3, 0.4) is 0 Å². The molecule has 0 radical (unpaired) electrons. The number of likely N-dealkylation sites (tertiary alicyclic amines) is 1. The molecule has 6 rings (SSSR count). The van der Waals surface area contributed by atoms with Crippen LogP contribution in [0.5, 0.6) is 5.75 Å². The van der Waals surface area contributed by atoms with Crippen LogP contribution in [0.4, 0.5) is 0 Å². The molecule has 1 atom stereocenters. The number of methoxy groups -OCH3 is 2. The quantitative estimate of drug-likeness (QED) is 0.304. The zero-order valence-corrected chi connectivity index (χ0v) is 23.7. The maximum absolute atomic E-state index is 13.6. The Labute approximate surface area is 229 Å². The minimum atomic E-state index is -0.0707. The summed E-state index contributed by atoms with van der Waals surface area (Å²) in [5.41, 5.74) is 4.26. The number of piperidine rings is 1. The number of aryl methyl sites for hydroxylation is 1. The molecule has 206 valence electrons. The molecule has 1 saturated heterocycles. The molecule has 2 fully saturated rings. The van der Waals surface area contributed by atoms with Gasteiger partial charge in [0.2, 0.25) is 0 Å². The average Bonchev–Trinajstić information content (AvgIpc) is 3.49. The van der Waals surface area contributed by atoms with Gasteiger partial charge in [0.05, 0.1) is 23.9 Å². The highest BCUT2D eigenvalue weighted by atomic mass is 16.5. The van der Waals surface area contributed by atoms with Crippen LogP contribution < -0.4 is 4.74 Å². The smallest absolute Gasteiger partial charge is 0.254 e. The van der Waals surface area contributed by atoms with Crippen molar-refractivity contribution in [3.8, 4) is 17.3 Å². The van der Waals surface area contributed by atoms with Crippen LogP contribution in [0.2, 0.25) is 0 Å². The monoisotopic (exact) mass is 529 g/mol. The van der Waals surface area contributed by atoms with E-state index in [0.717, 1.165) is 79.0 Å². The predicted molar refractivity (Wildman–Crippen MR) is 153 cm³/mol. The van der Waals surface area contributed by atoms with Gasteiger partial charge < -0.3 is 23.5 Å². The first-order valence-electron chi connectivity index (χ1n) is 14.2. The number of hydrogen-bond donors (Lipinski definition) is 0. The third-order valence-corrected chi connectivity index (χ3v) is 8.79. The zero-order chi connectivity index (χ0) is 27.3. The number of fused-ring (bicyclic) bond motifs is 2. The number of imidazole rings is 1. The molecule has 1 saturated carbocycles. The van der Waals surface area contributed by atoms with Crippen molar-refractivity contribution < 1.29 is 14.3 Å². The number of pyridine rings is 1. The largest absolute Gasteiger partial charge is 0.494 e.